The van der Waals surface area contributed by atoms with E-state index in [0.717, 1.165) is 55.9 Å². The molecule has 0 unspecified atom stereocenters. The zero-order valence-corrected chi connectivity index (χ0v) is 46.3. The molecule has 74 heavy (non-hydrogen) atoms. The van der Waals surface area contributed by atoms with Gasteiger partial charge < -0.3 is 19.6 Å². The smallest absolute Gasteiger partial charge is 0.495 e. The van der Waals surface area contributed by atoms with Crippen molar-refractivity contribution in [3.05, 3.63) is 263 Å². The molecule has 2 N–H and O–H groups in total. The van der Waals surface area contributed by atoms with Crippen LogP contribution in [0.3, 0.4) is 0 Å². The van der Waals surface area contributed by atoms with E-state index >= 15 is 0 Å². The Kier molecular flexibility index (Phi) is 17.7. The van der Waals surface area contributed by atoms with Crippen LogP contribution < -0.4 is 19.6 Å². The third-order valence-corrected chi connectivity index (χ3v) is 15.3. The summed E-state index contributed by atoms with van der Waals surface area (Å²) in [5.74, 6) is 0. The molecule has 0 amide bonds. The van der Waals surface area contributed by atoms with Crippen LogP contribution in [-0.2, 0) is 65.0 Å². The van der Waals surface area contributed by atoms with Crippen molar-refractivity contribution in [2.24, 2.45) is 0 Å². The van der Waals surface area contributed by atoms with Crippen molar-refractivity contribution < 1.29 is 70.7 Å². The molecule has 14 heteroatoms. The van der Waals surface area contributed by atoms with Crippen LogP contribution in [0.5, 0.6) is 0 Å². The molecule has 0 bridgehead atoms. The number of hydrogen-bond donors (Lipinski definition) is 2. The molecule has 2 heterocycles. The fraction of sp³-hybridized carbons (Fsp3) is 0.167. The number of hydrogen-bond acceptors (Lipinski definition) is 8. The average molecular weight is 1210 g/mol. The van der Waals surface area contributed by atoms with Gasteiger partial charge in [-0.25, -0.2) is 0 Å². The molecular weight excluding hydrogens is 1150 g/mol. The van der Waals surface area contributed by atoms with Gasteiger partial charge in [-0.15, -0.1) is 0 Å². The van der Waals surface area contributed by atoms with Crippen LogP contribution >= 0.6 is 0 Å². The second-order valence-electron chi connectivity index (χ2n) is 18.7. The number of anilines is 4. The van der Waals surface area contributed by atoms with Crippen molar-refractivity contribution in [1.82, 2.24) is 0 Å². The number of nitrogens with zero attached hydrogens (tertiary/aromatic N) is 4. The first-order valence-corrected chi connectivity index (χ1v) is 26.7. The van der Waals surface area contributed by atoms with E-state index in [2.05, 4.69) is 124 Å². The first-order chi connectivity index (χ1) is 34.5. The Bertz CT molecular complexity index is 3170. The quantitative estimate of drug-likeness (QED) is 0.0778. The molecule has 2 saturated heterocycles. The first-order valence-electron chi connectivity index (χ1n) is 23.8. The van der Waals surface area contributed by atoms with Gasteiger partial charge >= 0.3 is 44.8 Å². The van der Waals surface area contributed by atoms with E-state index in [1.807, 2.05) is 95.9 Å². The second-order valence-corrected chi connectivity index (χ2v) is 21.4. The maximum atomic E-state index is 12.4. The molecule has 8 aromatic rings. The molecule has 4 atom stereocenters. The van der Waals surface area contributed by atoms with Gasteiger partial charge in [0.2, 0.25) is 0 Å². The molecule has 10 rings (SSSR count). The Balaban J connectivity index is 0.000000211. The second kappa shape index (κ2) is 23.4. The van der Waals surface area contributed by atoms with E-state index in [0.29, 0.717) is 11.4 Å². The van der Waals surface area contributed by atoms with Gasteiger partial charge in [-0.05, 0) is 110 Å². The Labute approximate surface area is 468 Å². The molecule has 0 aliphatic carbocycles. The zero-order valence-electron chi connectivity index (χ0n) is 41.7. The van der Waals surface area contributed by atoms with Crippen molar-refractivity contribution in [2.75, 3.05) is 19.6 Å². The molecular formula is C60H58Ag2N4O6S2. The van der Waals surface area contributed by atoms with Crippen LogP contribution in [0.15, 0.2) is 204 Å². The number of benzene rings is 8. The predicted molar refractivity (Wildman–Crippen MR) is 289 cm³/mol. The van der Waals surface area contributed by atoms with Crippen LogP contribution in [0.25, 0.3) is 0 Å². The molecule has 2 fully saturated rings. The third-order valence-electron chi connectivity index (χ3n) is 13.5. The maximum Gasteiger partial charge on any atom is 1.00 e. The fourth-order valence-electron chi connectivity index (χ4n) is 10.9. The van der Waals surface area contributed by atoms with Crippen molar-refractivity contribution in [3.8, 4) is 0 Å². The van der Waals surface area contributed by atoms with Gasteiger partial charge in [0.25, 0.3) is 20.2 Å². The summed E-state index contributed by atoms with van der Waals surface area (Å²) in [4.78, 5) is 8.22. The molecule has 0 saturated carbocycles. The minimum atomic E-state index is -4.44. The van der Waals surface area contributed by atoms with Crippen LogP contribution in [0.4, 0.5) is 22.7 Å². The van der Waals surface area contributed by atoms with E-state index in [4.69, 9.17) is 0 Å². The van der Waals surface area contributed by atoms with Crippen LogP contribution in [0.2, 0.25) is 0 Å². The third kappa shape index (κ3) is 11.6. The summed E-state index contributed by atoms with van der Waals surface area (Å²) in [5, 5.41) is 0. The van der Waals surface area contributed by atoms with Gasteiger partial charge in [0.05, 0.1) is 24.2 Å². The van der Waals surface area contributed by atoms with Gasteiger partial charge in [0, 0.05) is 22.7 Å². The van der Waals surface area contributed by atoms with Crippen LogP contribution in [0, 0.1) is 54.9 Å². The SMILES string of the molecule is Cc1cc(C)c(N2[CH-]N(c3ccccc3S(=O)(=O)O)[C@@H](c3ccccc3)[C@@H]2c2ccccc2)c(C)c1.Cc1cc(C)c(N2[CH-]N(c3ccccc3S(=O)(=O)O)[C@@H](c3ccccc3)[C@@H]2c2ccccc2)c(C)c1.[Ag+].[Ag+]. The summed E-state index contributed by atoms with van der Waals surface area (Å²) in [6.07, 6.45) is 0. The van der Waals surface area contributed by atoms with E-state index in [-0.39, 0.29) is 78.7 Å². The van der Waals surface area contributed by atoms with Gasteiger partial charge in [-0.3, -0.25) is 9.11 Å². The standard InChI is InChI=1S/2C30H29N2O3S.2Ag/c2*1-21-18-22(2)28(23(3)19-21)32-20-31(26-16-10-11-17-27(26)36(33,34)35)29(24-12-6-4-7-13-24)30(32)25-14-8-5-9-15-25;;/h2*4-20,29-30H,1-3H3,(H,33,34,35);;/q2*-1;2*+1/t2*29-,30-;;/m00../s1. The van der Waals surface area contributed by atoms with Crippen molar-refractivity contribution in [1.29, 1.82) is 0 Å². The molecule has 0 aromatic heterocycles. The van der Waals surface area contributed by atoms with E-state index in [1.165, 1.54) is 23.3 Å². The summed E-state index contributed by atoms with van der Waals surface area (Å²) < 4.78 is 69.8. The van der Waals surface area contributed by atoms with E-state index in [1.54, 1.807) is 36.4 Å². The van der Waals surface area contributed by atoms with Gasteiger partial charge in [0.1, 0.15) is 9.79 Å². The fourth-order valence-corrected chi connectivity index (χ4v) is 12.3. The predicted octanol–water partition coefficient (Wildman–Crippen LogP) is 13.6. The largest absolute Gasteiger partial charge is 1.00 e. The minimum Gasteiger partial charge on any atom is -0.495 e. The minimum absolute atomic E-state index is 0. The summed E-state index contributed by atoms with van der Waals surface area (Å²) in [6.45, 7) is 16.6. The molecule has 0 radical (unpaired) electrons. The Morgan fingerprint density at radius 3 is 0.838 bits per heavy atom. The van der Waals surface area contributed by atoms with E-state index in [9.17, 15) is 25.9 Å². The summed E-state index contributed by atoms with van der Waals surface area (Å²) in [5.41, 5.74) is 14.3. The first kappa shape index (κ1) is 56.0. The van der Waals surface area contributed by atoms with Crippen molar-refractivity contribution in [3.63, 3.8) is 0 Å². The Morgan fingerprint density at radius 2 is 0.581 bits per heavy atom. The Hall–Kier alpha value is -5.74. The summed E-state index contributed by atoms with van der Waals surface area (Å²) in [7, 11) is -8.89. The van der Waals surface area contributed by atoms with Crippen molar-refractivity contribution >= 4 is 43.0 Å². The molecule has 10 nitrogen and oxygen atoms in total. The van der Waals surface area contributed by atoms with Crippen molar-refractivity contribution in [2.45, 2.75) is 75.5 Å². The molecule has 0 spiro atoms. The number of para-hydroxylation sites is 2. The van der Waals surface area contributed by atoms with Gasteiger partial charge in [-0.2, -0.15) is 30.2 Å². The maximum absolute atomic E-state index is 12.4. The van der Waals surface area contributed by atoms with Gasteiger partial charge in [0.15, 0.2) is 0 Å². The molecule has 2 aliphatic rings. The van der Waals surface area contributed by atoms with E-state index < -0.39 is 20.2 Å². The Morgan fingerprint density at radius 1 is 0.351 bits per heavy atom. The normalized spacial score (nSPS) is 17.5. The molecule has 8 aromatic carbocycles. The topological polar surface area (TPSA) is 122 Å². The molecule has 388 valence electrons. The average Bonchev–Trinajstić information content (AvgIpc) is 3.94. The van der Waals surface area contributed by atoms with Crippen LogP contribution in [-0.4, -0.2) is 25.9 Å². The zero-order chi connectivity index (χ0) is 50.9. The van der Waals surface area contributed by atoms with Crippen LogP contribution in [0.1, 0.15) is 79.8 Å². The summed E-state index contributed by atoms with van der Waals surface area (Å²) in [6, 6.07) is 61.8. The summed E-state index contributed by atoms with van der Waals surface area (Å²) >= 11 is 0. The van der Waals surface area contributed by atoms with Gasteiger partial charge in [-0.1, -0.05) is 181 Å². The molecule has 2 aliphatic heterocycles. The number of rotatable bonds is 10. The number of aryl methyl sites for hydroxylation is 6. The monoisotopic (exact) mass is 1210 g/mol.